The van der Waals surface area contributed by atoms with Gasteiger partial charge in [-0.3, -0.25) is 4.79 Å². The number of anilines is 1. The number of halogens is 3. The van der Waals surface area contributed by atoms with Gasteiger partial charge in [0, 0.05) is 12.7 Å². The predicted molar refractivity (Wildman–Crippen MR) is 78.4 cm³/mol. The Hall–Kier alpha value is -2.64. The molecule has 0 aliphatic rings. The molecule has 0 spiro atoms. The summed E-state index contributed by atoms with van der Waals surface area (Å²) in [7, 11) is 0. The summed E-state index contributed by atoms with van der Waals surface area (Å²) in [6, 6.07) is 9.26. The summed E-state index contributed by atoms with van der Waals surface area (Å²) in [5, 5.41) is 5.24. The number of amides is 1. The van der Waals surface area contributed by atoms with Gasteiger partial charge in [-0.25, -0.2) is 9.97 Å². The first-order valence-corrected chi connectivity index (χ1v) is 6.84. The minimum absolute atomic E-state index is 0.248. The highest BCUT2D eigenvalue weighted by Gasteiger charge is 2.33. The number of rotatable bonds is 5. The SMILES string of the molecule is CC(Nc1nccc(C(F)(F)F)n1)C(=O)NCc1ccccc1. The molecular formula is C15H15F3N4O. The Morgan fingerprint density at radius 1 is 1.22 bits per heavy atom. The molecule has 0 fully saturated rings. The van der Waals surface area contributed by atoms with Crippen molar-refractivity contribution in [1.29, 1.82) is 0 Å². The molecule has 0 radical (unpaired) electrons. The fourth-order valence-electron chi connectivity index (χ4n) is 1.78. The van der Waals surface area contributed by atoms with Crippen LogP contribution in [-0.2, 0) is 17.5 Å². The summed E-state index contributed by atoms with van der Waals surface area (Å²) in [5.41, 5.74) is -0.143. The van der Waals surface area contributed by atoms with Crippen LogP contribution in [0.5, 0.6) is 0 Å². The molecule has 1 atom stereocenters. The Labute approximate surface area is 131 Å². The molecule has 8 heteroatoms. The summed E-state index contributed by atoms with van der Waals surface area (Å²) in [4.78, 5) is 19.0. The minimum atomic E-state index is -4.56. The molecule has 2 rings (SSSR count). The van der Waals surface area contributed by atoms with Crippen LogP contribution in [0.15, 0.2) is 42.6 Å². The van der Waals surface area contributed by atoms with Crippen LogP contribution in [0.3, 0.4) is 0 Å². The van der Waals surface area contributed by atoms with Gasteiger partial charge in [0.15, 0.2) is 0 Å². The third kappa shape index (κ3) is 4.94. The fourth-order valence-corrected chi connectivity index (χ4v) is 1.78. The van der Waals surface area contributed by atoms with E-state index in [1.165, 1.54) is 6.92 Å². The van der Waals surface area contributed by atoms with Gasteiger partial charge in [-0.15, -0.1) is 0 Å². The lowest BCUT2D eigenvalue weighted by atomic mass is 10.2. The number of hydrogen-bond acceptors (Lipinski definition) is 4. The molecule has 1 amide bonds. The summed E-state index contributed by atoms with van der Waals surface area (Å²) < 4.78 is 37.7. The molecule has 1 aromatic heterocycles. The van der Waals surface area contributed by atoms with Gasteiger partial charge in [0.1, 0.15) is 11.7 Å². The third-order valence-electron chi connectivity index (χ3n) is 2.99. The molecule has 23 heavy (non-hydrogen) atoms. The van der Waals surface area contributed by atoms with Gasteiger partial charge in [-0.1, -0.05) is 30.3 Å². The average molecular weight is 324 g/mol. The summed E-state index contributed by atoms with van der Waals surface area (Å²) in [6.07, 6.45) is -3.56. The zero-order valence-electron chi connectivity index (χ0n) is 12.3. The average Bonchev–Trinajstić information content (AvgIpc) is 2.53. The zero-order valence-corrected chi connectivity index (χ0v) is 12.3. The molecule has 0 aliphatic heterocycles. The van der Waals surface area contributed by atoms with Gasteiger partial charge in [-0.05, 0) is 18.6 Å². The van der Waals surface area contributed by atoms with E-state index in [9.17, 15) is 18.0 Å². The second kappa shape index (κ2) is 7.08. The van der Waals surface area contributed by atoms with Crippen molar-refractivity contribution in [3.05, 3.63) is 53.9 Å². The molecule has 0 aliphatic carbocycles. The lowest BCUT2D eigenvalue weighted by molar-refractivity contribution is -0.141. The minimum Gasteiger partial charge on any atom is -0.350 e. The van der Waals surface area contributed by atoms with Crippen molar-refractivity contribution in [1.82, 2.24) is 15.3 Å². The van der Waals surface area contributed by atoms with Gasteiger partial charge >= 0.3 is 6.18 Å². The maximum Gasteiger partial charge on any atom is 0.433 e. The second-order valence-corrected chi connectivity index (χ2v) is 4.83. The van der Waals surface area contributed by atoms with Gasteiger partial charge < -0.3 is 10.6 Å². The number of carbonyl (C=O) groups excluding carboxylic acids is 1. The first kappa shape index (κ1) is 16.7. The monoisotopic (exact) mass is 324 g/mol. The highest BCUT2D eigenvalue weighted by Crippen LogP contribution is 2.27. The number of aromatic nitrogens is 2. The van der Waals surface area contributed by atoms with Crippen LogP contribution in [0.4, 0.5) is 19.1 Å². The summed E-state index contributed by atoms with van der Waals surface area (Å²) in [5.74, 6) is -0.614. The summed E-state index contributed by atoms with van der Waals surface area (Å²) in [6.45, 7) is 1.85. The maximum absolute atomic E-state index is 12.6. The molecule has 5 nitrogen and oxygen atoms in total. The molecular weight excluding hydrogens is 309 g/mol. The number of carbonyl (C=O) groups is 1. The van der Waals surface area contributed by atoms with Gasteiger partial charge in [0.05, 0.1) is 0 Å². The topological polar surface area (TPSA) is 66.9 Å². The smallest absolute Gasteiger partial charge is 0.350 e. The van der Waals surface area contributed by atoms with Crippen molar-refractivity contribution in [3.8, 4) is 0 Å². The van der Waals surface area contributed by atoms with E-state index in [2.05, 4.69) is 20.6 Å². The molecule has 0 bridgehead atoms. The predicted octanol–water partition coefficient (Wildman–Crippen LogP) is 2.61. The largest absolute Gasteiger partial charge is 0.433 e. The van der Waals surface area contributed by atoms with E-state index >= 15 is 0 Å². The van der Waals surface area contributed by atoms with Crippen molar-refractivity contribution < 1.29 is 18.0 Å². The number of benzene rings is 1. The van der Waals surface area contributed by atoms with Crippen molar-refractivity contribution in [2.24, 2.45) is 0 Å². The Kier molecular flexibility index (Phi) is 5.15. The van der Waals surface area contributed by atoms with Crippen LogP contribution < -0.4 is 10.6 Å². The highest BCUT2D eigenvalue weighted by molar-refractivity contribution is 5.83. The van der Waals surface area contributed by atoms with E-state index in [-0.39, 0.29) is 11.9 Å². The number of alkyl halides is 3. The maximum atomic E-state index is 12.6. The first-order chi connectivity index (χ1) is 10.9. The van der Waals surface area contributed by atoms with Crippen LogP contribution in [0.25, 0.3) is 0 Å². The summed E-state index contributed by atoms with van der Waals surface area (Å²) >= 11 is 0. The van der Waals surface area contributed by atoms with Crippen LogP contribution in [0.2, 0.25) is 0 Å². The van der Waals surface area contributed by atoms with Crippen LogP contribution in [0, 0.1) is 0 Å². The quantitative estimate of drug-likeness (QED) is 0.887. The standard InChI is InChI=1S/C15H15F3N4O/c1-10(13(23)20-9-11-5-3-2-4-6-11)21-14-19-8-7-12(22-14)15(16,17)18/h2-8,10H,9H2,1H3,(H,20,23)(H,19,21,22). The van der Waals surface area contributed by atoms with E-state index in [0.717, 1.165) is 17.8 Å². The van der Waals surface area contributed by atoms with Crippen molar-refractivity contribution >= 4 is 11.9 Å². The Balaban J connectivity index is 1.93. The molecule has 2 N–H and O–H groups in total. The molecule has 122 valence electrons. The van der Waals surface area contributed by atoms with Crippen molar-refractivity contribution in [2.45, 2.75) is 25.7 Å². The van der Waals surface area contributed by atoms with E-state index in [1.807, 2.05) is 30.3 Å². The van der Waals surface area contributed by atoms with Crippen molar-refractivity contribution in [2.75, 3.05) is 5.32 Å². The second-order valence-electron chi connectivity index (χ2n) is 4.83. The van der Waals surface area contributed by atoms with Crippen LogP contribution >= 0.6 is 0 Å². The normalized spacial score (nSPS) is 12.5. The lowest BCUT2D eigenvalue weighted by Gasteiger charge is -2.15. The van der Waals surface area contributed by atoms with E-state index in [4.69, 9.17) is 0 Å². The van der Waals surface area contributed by atoms with E-state index in [0.29, 0.717) is 6.54 Å². The third-order valence-corrected chi connectivity index (χ3v) is 2.99. The highest BCUT2D eigenvalue weighted by atomic mass is 19.4. The van der Waals surface area contributed by atoms with Crippen LogP contribution in [0.1, 0.15) is 18.2 Å². The van der Waals surface area contributed by atoms with Gasteiger partial charge in [0.2, 0.25) is 11.9 Å². The first-order valence-electron chi connectivity index (χ1n) is 6.84. The Bertz CT molecular complexity index is 661. The Morgan fingerprint density at radius 3 is 2.57 bits per heavy atom. The number of nitrogens with zero attached hydrogens (tertiary/aromatic N) is 2. The van der Waals surface area contributed by atoms with Crippen molar-refractivity contribution in [3.63, 3.8) is 0 Å². The molecule has 1 aromatic carbocycles. The number of nitrogens with one attached hydrogen (secondary N) is 2. The molecule has 2 aromatic rings. The molecule has 1 unspecified atom stereocenters. The Morgan fingerprint density at radius 2 is 1.91 bits per heavy atom. The molecule has 0 saturated carbocycles. The van der Waals surface area contributed by atoms with Crippen LogP contribution in [-0.4, -0.2) is 21.9 Å². The number of hydrogen-bond donors (Lipinski definition) is 2. The fraction of sp³-hybridized carbons (Fsp3) is 0.267. The molecule has 1 heterocycles. The van der Waals surface area contributed by atoms with Gasteiger partial charge in [0.25, 0.3) is 0 Å². The molecule has 0 saturated heterocycles. The lowest BCUT2D eigenvalue weighted by Crippen LogP contribution is -2.37. The van der Waals surface area contributed by atoms with E-state index in [1.54, 1.807) is 0 Å². The van der Waals surface area contributed by atoms with E-state index < -0.39 is 17.9 Å². The van der Waals surface area contributed by atoms with Gasteiger partial charge in [-0.2, -0.15) is 13.2 Å². The zero-order chi connectivity index (χ0) is 16.9.